The Morgan fingerprint density at radius 1 is 1.03 bits per heavy atom. The van der Waals surface area contributed by atoms with Crippen molar-refractivity contribution in [1.82, 2.24) is 19.5 Å². The van der Waals surface area contributed by atoms with Crippen molar-refractivity contribution in [2.75, 3.05) is 5.75 Å². The van der Waals surface area contributed by atoms with Crippen LogP contribution in [0.5, 0.6) is 0 Å². The number of fused-ring (bicyclic) bond motifs is 1. The number of nitrogens with zero attached hydrogens (tertiary/aromatic N) is 4. The number of rotatable bonds is 3. The molecule has 0 N–H and O–H groups in total. The van der Waals surface area contributed by atoms with E-state index >= 15 is 0 Å². The topological polar surface area (TPSA) is 77.7 Å². The predicted octanol–water partition coefficient (Wildman–Crippen LogP) is 3.86. The third kappa shape index (κ3) is 3.78. The summed E-state index contributed by atoms with van der Waals surface area (Å²) >= 11 is 0. The van der Waals surface area contributed by atoms with Crippen LogP contribution in [0, 0.1) is 0 Å². The first-order chi connectivity index (χ1) is 13.3. The summed E-state index contributed by atoms with van der Waals surface area (Å²) in [6.07, 6.45) is -9.12. The highest BCUT2D eigenvalue weighted by Crippen LogP contribution is 2.35. The molecule has 3 aromatic rings. The third-order valence-electron chi connectivity index (χ3n) is 4.14. The number of aryl methyl sites for hydroxylation is 1. The quantitative estimate of drug-likeness (QED) is 0.581. The lowest BCUT2D eigenvalue weighted by Crippen LogP contribution is -2.13. The number of hydrogen-bond acceptors (Lipinski definition) is 5. The van der Waals surface area contributed by atoms with Gasteiger partial charge < -0.3 is 4.57 Å². The fraction of sp³-hybridized carbons (Fsp3) is 0.312. The Bertz CT molecular complexity index is 1200. The molecule has 0 aliphatic carbocycles. The van der Waals surface area contributed by atoms with Crippen molar-refractivity contribution in [3.63, 3.8) is 0 Å². The van der Waals surface area contributed by atoms with Crippen LogP contribution in [0.1, 0.15) is 18.2 Å². The van der Waals surface area contributed by atoms with E-state index in [0.29, 0.717) is 12.3 Å². The highest BCUT2D eigenvalue weighted by molar-refractivity contribution is 7.91. The standard InChI is InChI=1S/C16H12F6N4O2S/c1-3-29(27,28)10-6-8(15(17,18)19)7-23-12(10)14-25-13-9(26(14)2)4-5-11(24-13)16(20,21)22/h4-7H,3H2,1-2H3. The zero-order chi connectivity index (χ0) is 21.8. The van der Waals surface area contributed by atoms with Gasteiger partial charge in [-0.25, -0.2) is 18.4 Å². The molecule has 6 nitrogen and oxygen atoms in total. The summed E-state index contributed by atoms with van der Waals surface area (Å²) in [5.74, 6) is -0.740. The molecule has 13 heteroatoms. The van der Waals surface area contributed by atoms with E-state index in [1.807, 2.05) is 0 Å². The Balaban J connectivity index is 2.30. The smallest absolute Gasteiger partial charge is 0.324 e. The summed E-state index contributed by atoms with van der Waals surface area (Å²) in [5, 5.41) is 0. The average Bonchev–Trinajstić information content (AvgIpc) is 2.96. The molecule has 156 valence electrons. The van der Waals surface area contributed by atoms with Crippen molar-refractivity contribution < 1.29 is 34.8 Å². The third-order valence-corrected chi connectivity index (χ3v) is 5.88. The van der Waals surface area contributed by atoms with Gasteiger partial charge in [0.2, 0.25) is 0 Å². The van der Waals surface area contributed by atoms with Gasteiger partial charge >= 0.3 is 12.4 Å². The van der Waals surface area contributed by atoms with Crippen LogP contribution >= 0.6 is 0 Å². The van der Waals surface area contributed by atoms with Crippen LogP contribution in [-0.4, -0.2) is 33.7 Å². The monoisotopic (exact) mass is 438 g/mol. The second-order valence-corrected chi connectivity index (χ2v) is 8.25. The normalized spacial score (nSPS) is 13.2. The van der Waals surface area contributed by atoms with Crippen molar-refractivity contribution in [2.45, 2.75) is 24.2 Å². The maximum Gasteiger partial charge on any atom is 0.433 e. The van der Waals surface area contributed by atoms with Gasteiger partial charge in [-0.1, -0.05) is 6.92 Å². The molecule has 0 spiro atoms. The molecule has 0 radical (unpaired) electrons. The van der Waals surface area contributed by atoms with Gasteiger partial charge in [0.05, 0.1) is 21.7 Å². The van der Waals surface area contributed by atoms with Gasteiger partial charge in [0.1, 0.15) is 11.4 Å². The summed E-state index contributed by atoms with van der Waals surface area (Å²) < 4.78 is 104. The first-order valence-electron chi connectivity index (χ1n) is 7.96. The Morgan fingerprint density at radius 3 is 2.24 bits per heavy atom. The van der Waals surface area contributed by atoms with Crippen molar-refractivity contribution in [3.8, 4) is 11.5 Å². The zero-order valence-electron chi connectivity index (χ0n) is 14.8. The minimum Gasteiger partial charge on any atom is -0.324 e. The van der Waals surface area contributed by atoms with Gasteiger partial charge in [-0.05, 0) is 18.2 Å². The van der Waals surface area contributed by atoms with Gasteiger partial charge in [0, 0.05) is 13.2 Å². The fourth-order valence-corrected chi connectivity index (χ4v) is 3.66. The summed E-state index contributed by atoms with van der Waals surface area (Å²) in [7, 11) is -2.80. The number of aromatic nitrogens is 4. The number of imidazole rings is 1. The molecule has 0 unspecified atom stereocenters. The van der Waals surface area contributed by atoms with Crippen LogP contribution in [0.3, 0.4) is 0 Å². The Labute approximate surface area is 160 Å². The van der Waals surface area contributed by atoms with E-state index in [2.05, 4.69) is 15.0 Å². The van der Waals surface area contributed by atoms with Crippen LogP contribution in [0.4, 0.5) is 26.3 Å². The molecule has 3 heterocycles. The summed E-state index contributed by atoms with van der Waals surface area (Å²) in [6.45, 7) is 1.24. The van der Waals surface area contributed by atoms with Crippen molar-refractivity contribution in [2.24, 2.45) is 7.05 Å². The minimum absolute atomic E-state index is 0.120. The molecule has 0 saturated carbocycles. The lowest BCUT2D eigenvalue weighted by Gasteiger charge is -2.12. The molecule has 0 aliphatic rings. The van der Waals surface area contributed by atoms with E-state index in [9.17, 15) is 34.8 Å². The maximum absolute atomic E-state index is 13.0. The minimum atomic E-state index is -4.83. The van der Waals surface area contributed by atoms with Crippen LogP contribution in [0.15, 0.2) is 29.3 Å². The number of halogens is 6. The lowest BCUT2D eigenvalue weighted by atomic mass is 10.2. The number of hydrogen-bond donors (Lipinski definition) is 0. The number of pyridine rings is 2. The van der Waals surface area contributed by atoms with E-state index in [1.54, 1.807) is 0 Å². The molecule has 0 fully saturated rings. The van der Waals surface area contributed by atoms with E-state index < -0.39 is 49.8 Å². The SMILES string of the molecule is CCS(=O)(=O)c1cc(C(F)(F)F)cnc1-c1nc2nc(C(F)(F)F)ccc2n1C. The van der Waals surface area contributed by atoms with Gasteiger partial charge in [-0.2, -0.15) is 26.3 Å². The number of alkyl halides is 6. The van der Waals surface area contributed by atoms with Gasteiger partial charge in [0.15, 0.2) is 21.3 Å². The highest BCUT2D eigenvalue weighted by atomic mass is 32.2. The molecule has 0 aliphatic heterocycles. The zero-order valence-corrected chi connectivity index (χ0v) is 15.6. The van der Waals surface area contributed by atoms with E-state index in [1.165, 1.54) is 18.5 Å². The van der Waals surface area contributed by atoms with Crippen LogP contribution < -0.4 is 0 Å². The molecule has 3 aromatic heterocycles. The van der Waals surface area contributed by atoms with Crippen molar-refractivity contribution in [1.29, 1.82) is 0 Å². The average molecular weight is 438 g/mol. The van der Waals surface area contributed by atoms with Gasteiger partial charge in [0.25, 0.3) is 0 Å². The van der Waals surface area contributed by atoms with Crippen LogP contribution in [-0.2, 0) is 29.2 Å². The highest BCUT2D eigenvalue weighted by Gasteiger charge is 2.35. The van der Waals surface area contributed by atoms with E-state index in [-0.39, 0.29) is 17.0 Å². The van der Waals surface area contributed by atoms with Crippen molar-refractivity contribution >= 4 is 21.0 Å². The molecule has 3 rings (SSSR count). The second kappa shape index (κ2) is 6.68. The van der Waals surface area contributed by atoms with Gasteiger partial charge in [-0.3, -0.25) is 4.98 Å². The number of sulfone groups is 1. The molecule has 0 saturated heterocycles. The molecular weight excluding hydrogens is 426 g/mol. The van der Waals surface area contributed by atoms with E-state index in [0.717, 1.165) is 12.1 Å². The predicted molar refractivity (Wildman–Crippen MR) is 89.5 cm³/mol. The Kier molecular flexibility index (Phi) is 4.84. The molecule has 0 atom stereocenters. The van der Waals surface area contributed by atoms with Gasteiger partial charge in [-0.15, -0.1) is 0 Å². The molecule has 0 bridgehead atoms. The van der Waals surface area contributed by atoms with Crippen molar-refractivity contribution in [3.05, 3.63) is 35.7 Å². The summed E-state index contributed by atoms with van der Waals surface area (Å²) in [6, 6.07) is 2.24. The molecule has 29 heavy (non-hydrogen) atoms. The lowest BCUT2D eigenvalue weighted by molar-refractivity contribution is -0.141. The fourth-order valence-electron chi connectivity index (χ4n) is 2.60. The van der Waals surface area contributed by atoms with E-state index in [4.69, 9.17) is 0 Å². The largest absolute Gasteiger partial charge is 0.433 e. The second-order valence-electron chi connectivity index (χ2n) is 6.00. The molecule has 0 amide bonds. The van der Waals surface area contributed by atoms with Crippen LogP contribution in [0.25, 0.3) is 22.7 Å². The first kappa shape index (κ1) is 21.0. The summed E-state index contributed by atoms with van der Waals surface area (Å²) in [4.78, 5) is 10.2. The molecule has 0 aromatic carbocycles. The summed E-state index contributed by atoms with van der Waals surface area (Å²) in [5.41, 5.74) is -3.12. The van der Waals surface area contributed by atoms with Crippen LogP contribution in [0.2, 0.25) is 0 Å². The first-order valence-corrected chi connectivity index (χ1v) is 9.62. The maximum atomic E-state index is 13.0. The Hall–Kier alpha value is -2.70. The molecular formula is C16H12F6N4O2S. The Morgan fingerprint density at radius 2 is 1.69 bits per heavy atom.